The maximum Gasteiger partial charge on any atom is 0.258 e. The molecule has 0 bridgehead atoms. The van der Waals surface area contributed by atoms with Crippen molar-refractivity contribution in [3.63, 3.8) is 0 Å². The molecule has 24 heavy (non-hydrogen) atoms. The molecule has 1 unspecified atom stereocenters. The van der Waals surface area contributed by atoms with E-state index in [1.54, 1.807) is 24.3 Å². The highest BCUT2D eigenvalue weighted by Crippen LogP contribution is 2.14. The summed E-state index contributed by atoms with van der Waals surface area (Å²) in [5.41, 5.74) is 1.72. The van der Waals surface area contributed by atoms with Gasteiger partial charge in [-0.1, -0.05) is 37.3 Å². The summed E-state index contributed by atoms with van der Waals surface area (Å²) >= 11 is 0. The van der Waals surface area contributed by atoms with E-state index >= 15 is 0 Å². The van der Waals surface area contributed by atoms with Gasteiger partial charge in [0.15, 0.2) is 12.4 Å². The van der Waals surface area contributed by atoms with Gasteiger partial charge in [0.05, 0.1) is 6.04 Å². The van der Waals surface area contributed by atoms with Crippen LogP contribution in [0.5, 0.6) is 5.75 Å². The van der Waals surface area contributed by atoms with Crippen LogP contribution in [-0.2, 0) is 4.79 Å². The standard InChI is InChI=1S/C20H23NO3/c1-3-7-19(22)17-10-12-18(13-11-17)24-14-20(23)21-15(2)16-8-5-4-6-9-16/h4-6,8-13,15H,3,7,14H2,1-2H3,(H,21,23). The van der Waals surface area contributed by atoms with E-state index in [-0.39, 0.29) is 24.3 Å². The lowest BCUT2D eigenvalue weighted by atomic mass is 10.1. The highest BCUT2D eigenvalue weighted by molar-refractivity contribution is 5.96. The lowest BCUT2D eigenvalue weighted by Crippen LogP contribution is -2.31. The van der Waals surface area contributed by atoms with Crippen LogP contribution in [0.4, 0.5) is 0 Å². The van der Waals surface area contributed by atoms with Crippen LogP contribution in [0, 0.1) is 0 Å². The van der Waals surface area contributed by atoms with E-state index in [4.69, 9.17) is 4.74 Å². The molecule has 2 aromatic carbocycles. The van der Waals surface area contributed by atoms with Gasteiger partial charge in [-0.2, -0.15) is 0 Å². The summed E-state index contributed by atoms with van der Waals surface area (Å²) in [6.45, 7) is 3.85. The molecule has 126 valence electrons. The fourth-order valence-electron chi connectivity index (χ4n) is 2.37. The number of ketones is 1. The van der Waals surface area contributed by atoms with E-state index in [1.165, 1.54) is 0 Å². The molecule has 2 rings (SSSR count). The van der Waals surface area contributed by atoms with Crippen molar-refractivity contribution in [1.29, 1.82) is 0 Å². The summed E-state index contributed by atoms with van der Waals surface area (Å²) in [4.78, 5) is 23.7. The first kappa shape index (κ1) is 17.7. The molecule has 0 aromatic heterocycles. The van der Waals surface area contributed by atoms with Crippen molar-refractivity contribution in [3.8, 4) is 5.75 Å². The van der Waals surface area contributed by atoms with Crippen molar-refractivity contribution in [2.75, 3.05) is 6.61 Å². The molecule has 0 saturated heterocycles. The minimum Gasteiger partial charge on any atom is -0.484 e. The van der Waals surface area contributed by atoms with Gasteiger partial charge in [-0.05, 0) is 43.2 Å². The van der Waals surface area contributed by atoms with Gasteiger partial charge in [-0.15, -0.1) is 0 Å². The second-order valence-electron chi connectivity index (χ2n) is 5.69. The summed E-state index contributed by atoms with van der Waals surface area (Å²) in [6.07, 6.45) is 1.37. The summed E-state index contributed by atoms with van der Waals surface area (Å²) in [7, 11) is 0. The number of amides is 1. The number of rotatable bonds is 8. The van der Waals surface area contributed by atoms with Gasteiger partial charge in [0.1, 0.15) is 5.75 Å². The van der Waals surface area contributed by atoms with Crippen molar-refractivity contribution in [2.24, 2.45) is 0 Å². The minimum absolute atomic E-state index is 0.0561. The maximum atomic E-state index is 12.0. The van der Waals surface area contributed by atoms with Gasteiger partial charge < -0.3 is 10.1 Å². The highest BCUT2D eigenvalue weighted by atomic mass is 16.5. The van der Waals surface area contributed by atoms with E-state index in [1.807, 2.05) is 44.2 Å². The molecular weight excluding hydrogens is 302 g/mol. The molecule has 2 aromatic rings. The number of Topliss-reactive ketones (excluding diaryl/α,β-unsaturated/α-hetero) is 1. The Morgan fingerprint density at radius 3 is 2.33 bits per heavy atom. The molecule has 4 nitrogen and oxygen atoms in total. The van der Waals surface area contributed by atoms with Gasteiger partial charge in [0.25, 0.3) is 5.91 Å². The van der Waals surface area contributed by atoms with Gasteiger partial charge in [-0.3, -0.25) is 9.59 Å². The molecule has 0 spiro atoms. The van der Waals surface area contributed by atoms with Gasteiger partial charge in [0, 0.05) is 12.0 Å². The van der Waals surface area contributed by atoms with E-state index in [2.05, 4.69) is 5.32 Å². The quantitative estimate of drug-likeness (QED) is 0.748. The molecule has 0 aliphatic rings. The van der Waals surface area contributed by atoms with Crippen molar-refractivity contribution in [1.82, 2.24) is 5.32 Å². The summed E-state index contributed by atoms with van der Waals surface area (Å²) in [6, 6.07) is 16.6. The van der Waals surface area contributed by atoms with Crippen LogP contribution in [-0.4, -0.2) is 18.3 Å². The zero-order valence-corrected chi connectivity index (χ0v) is 14.1. The Hall–Kier alpha value is -2.62. The fraction of sp³-hybridized carbons (Fsp3) is 0.300. The first-order valence-corrected chi connectivity index (χ1v) is 8.20. The second kappa shape index (κ2) is 8.87. The Labute approximate surface area is 142 Å². The molecule has 1 atom stereocenters. The lowest BCUT2D eigenvalue weighted by Gasteiger charge is -2.14. The van der Waals surface area contributed by atoms with Crippen LogP contribution in [0.2, 0.25) is 0 Å². The molecular formula is C20H23NO3. The number of carbonyl (C=O) groups is 2. The third-order valence-electron chi connectivity index (χ3n) is 3.70. The maximum absolute atomic E-state index is 12.0. The third-order valence-corrected chi connectivity index (χ3v) is 3.70. The predicted octanol–water partition coefficient (Wildman–Crippen LogP) is 3.93. The SMILES string of the molecule is CCCC(=O)c1ccc(OCC(=O)NC(C)c2ccccc2)cc1. The van der Waals surface area contributed by atoms with E-state index in [0.29, 0.717) is 17.7 Å². The van der Waals surface area contributed by atoms with E-state index in [9.17, 15) is 9.59 Å². The predicted molar refractivity (Wildman–Crippen MR) is 94.2 cm³/mol. The minimum atomic E-state index is -0.183. The molecule has 1 N–H and O–H groups in total. The number of carbonyl (C=O) groups excluding carboxylic acids is 2. The van der Waals surface area contributed by atoms with E-state index < -0.39 is 0 Å². The topological polar surface area (TPSA) is 55.4 Å². The molecule has 0 fully saturated rings. The average molecular weight is 325 g/mol. The Balaban J connectivity index is 1.82. The molecule has 4 heteroatoms. The van der Waals surface area contributed by atoms with Gasteiger partial charge in [-0.25, -0.2) is 0 Å². The van der Waals surface area contributed by atoms with Crippen LogP contribution >= 0.6 is 0 Å². The highest BCUT2D eigenvalue weighted by Gasteiger charge is 2.10. The molecule has 0 heterocycles. The van der Waals surface area contributed by atoms with Crippen molar-refractivity contribution >= 4 is 11.7 Å². The Morgan fingerprint density at radius 2 is 1.71 bits per heavy atom. The Morgan fingerprint density at radius 1 is 1.04 bits per heavy atom. The average Bonchev–Trinajstić information content (AvgIpc) is 2.61. The zero-order valence-electron chi connectivity index (χ0n) is 14.1. The monoisotopic (exact) mass is 325 g/mol. The largest absolute Gasteiger partial charge is 0.484 e. The number of hydrogen-bond acceptors (Lipinski definition) is 3. The molecule has 0 aliphatic carbocycles. The normalized spacial score (nSPS) is 11.6. The van der Waals surface area contributed by atoms with Crippen LogP contribution in [0.1, 0.15) is 48.7 Å². The molecule has 0 radical (unpaired) electrons. The van der Waals surface area contributed by atoms with Crippen LogP contribution in [0.25, 0.3) is 0 Å². The molecule has 1 amide bonds. The van der Waals surface area contributed by atoms with Crippen LogP contribution in [0.15, 0.2) is 54.6 Å². The smallest absolute Gasteiger partial charge is 0.258 e. The zero-order chi connectivity index (χ0) is 17.4. The number of nitrogens with one attached hydrogen (secondary N) is 1. The Kier molecular flexibility index (Phi) is 6.55. The van der Waals surface area contributed by atoms with Gasteiger partial charge in [0.2, 0.25) is 0 Å². The third kappa shape index (κ3) is 5.23. The first-order chi connectivity index (χ1) is 11.6. The van der Waals surface area contributed by atoms with Crippen molar-refractivity contribution < 1.29 is 14.3 Å². The molecule has 0 aliphatic heterocycles. The summed E-state index contributed by atoms with van der Waals surface area (Å²) < 4.78 is 5.48. The number of benzene rings is 2. The van der Waals surface area contributed by atoms with Crippen LogP contribution < -0.4 is 10.1 Å². The van der Waals surface area contributed by atoms with Crippen LogP contribution in [0.3, 0.4) is 0 Å². The Bertz CT molecular complexity index is 665. The summed E-state index contributed by atoms with van der Waals surface area (Å²) in [5, 5.41) is 2.89. The van der Waals surface area contributed by atoms with Gasteiger partial charge >= 0.3 is 0 Å². The molecule has 0 saturated carbocycles. The number of ether oxygens (including phenoxy) is 1. The van der Waals surface area contributed by atoms with Crippen molar-refractivity contribution in [3.05, 3.63) is 65.7 Å². The first-order valence-electron chi connectivity index (χ1n) is 8.20. The fourth-order valence-corrected chi connectivity index (χ4v) is 2.37. The summed E-state index contributed by atoms with van der Waals surface area (Å²) in [5.74, 6) is 0.515. The lowest BCUT2D eigenvalue weighted by molar-refractivity contribution is -0.123. The van der Waals surface area contributed by atoms with E-state index in [0.717, 1.165) is 12.0 Å². The number of hydrogen-bond donors (Lipinski definition) is 1. The second-order valence-corrected chi connectivity index (χ2v) is 5.69. The van der Waals surface area contributed by atoms with Crippen molar-refractivity contribution in [2.45, 2.75) is 32.7 Å².